The summed E-state index contributed by atoms with van der Waals surface area (Å²) in [7, 11) is 5.82. The van der Waals surface area contributed by atoms with Crippen LogP contribution in [0.3, 0.4) is 0 Å². The quantitative estimate of drug-likeness (QED) is 0.497. The number of nitrogens with two attached hydrogens (primary N) is 1. The number of furan rings is 1. The molecule has 9 heteroatoms. The number of aryl methyl sites for hydroxylation is 2. The Morgan fingerprint density at radius 2 is 1.87 bits per heavy atom. The first kappa shape index (κ1) is 21.4. The number of benzene rings is 1. The number of anilines is 3. The summed E-state index contributed by atoms with van der Waals surface area (Å²) in [4.78, 5) is 19.7. The van der Waals surface area contributed by atoms with Crippen molar-refractivity contribution >= 4 is 23.6 Å². The van der Waals surface area contributed by atoms with Gasteiger partial charge in [0.1, 0.15) is 11.5 Å². The molecule has 2 amide bonds. The second-order valence-corrected chi connectivity index (χ2v) is 7.36. The summed E-state index contributed by atoms with van der Waals surface area (Å²) in [6.07, 6.45) is 2.83. The molecule has 0 saturated heterocycles. The van der Waals surface area contributed by atoms with Crippen molar-refractivity contribution in [3.8, 4) is 0 Å². The molecule has 0 aliphatic carbocycles. The van der Waals surface area contributed by atoms with E-state index in [-0.39, 0.29) is 5.95 Å². The maximum Gasteiger partial charge on any atom is 0.326 e. The predicted molar refractivity (Wildman–Crippen MR) is 117 cm³/mol. The molecule has 0 atom stereocenters. The highest BCUT2D eigenvalue weighted by molar-refractivity contribution is 5.96. The Labute approximate surface area is 176 Å². The zero-order valence-corrected chi connectivity index (χ0v) is 17.7. The third-order valence-corrected chi connectivity index (χ3v) is 4.51. The number of urea groups is 1. The fourth-order valence-corrected chi connectivity index (χ4v) is 3.12. The highest BCUT2D eigenvalue weighted by atomic mass is 16.3. The number of aromatic nitrogens is 3. The summed E-state index contributed by atoms with van der Waals surface area (Å²) in [5.74, 6) is 2.81. The Morgan fingerprint density at radius 1 is 1.13 bits per heavy atom. The molecule has 3 N–H and O–H groups in total. The van der Waals surface area contributed by atoms with Gasteiger partial charge < -0.3 is 20.4 Å². The fraction of sp³-hybridized carbons (Fsp3) is 0.381. The van der Waals surface area contributed by atoms with Crippen LogP contribution >= 0.6 is 0 Å². The second-order valence-electron chi connectivity index (χ2n) is 7.36. The number of hydrogen-bond donors (Lipinski definition) is 2. The number of nitrogens with one attached hydrogen (secondary N) is 1. The van der Waals surface area contributed by atoms with Crippen LogP contribution in [0.15, 0.2) is 46.9 Å². The molecule has 1 aromatic carbocycles. The number of carbonyl (C=O) groups excluding carboxylic acids is 1. The van der Waals surface area contributed by atoms with E-state index in [1.165, 1.54) is 4.90 Å². The van der Waals surface area contributed by atoms with E-state index >= 15 is 0 Å². The monoisotopic (exact) mass is 411 g/mol. The number of rotatable bonds is 10. The molecule has 0 radical (unpaired) electrons. The number of primary amides is 1. The molecular weight excluding hydrogens is 382 g/mol. The number of amides is 2. The number of hydrogen-bond acceptors (Lipinski definition) is 6. The molecule has 0 aliphatic heterocycles. The second kappa shape index (κ2) is 9.93. The van der Waals surface area contributed by atoms with E-state index in [2.05, 4.69) is 20.3 Å². The number of carbonyl (C=O) groups is 1. The number of nitrogens with zero attached hydrogens (tertiary/aromatic N) is 5. The normalized spacial score (nSPS) is 11.1. The van der Waals surface area contributed by atoms with Gasteiger partial charge in [0.15, 0.2) is 0 Å². The average molecular weight is 412 g/mol. The van der Waals surface area contributed by atoms with Crippen molar-refractivity contribution in [1.82, 2.24) is 19.7 Å². The standard InChI is InChI=1S/C21H29N7O2/c1-26(2)15-18-13-12-17(30-18)11-7-8-14-23-20-24-21(25-27(20)3)28(19(22)29)16-9-5-4-6-10-16/h4-6,9-10,12-13H,7-8,11,14-15H2,1-3H3,(H2,22,29)(H,23,24,25). The van der Waals surface area contributed by atoms with Crippen LogP contribution in [0.5, 0.6) is 0 Å². The smallest absolute Gasteiger partial charge is 0.326 e. The predicted octanol–water partition coefficient (Wildman–Crippen LogP) is 3.12. The van der Waals surface area contributed by atoms with Crippen LogP contribution in [0.1, 0.15) is 24.4 Å². The Balaban J connectivity index is 1.51. The van der Waals surface area contributed by atoms with Gasteiger partial charge in [0, 0.05) is 20.0 Å². The average Bonchev–Trinajstić information content (AvgIpc) is 3.28. The van der Waals surface area contributed by atoms with Gasteiger partial charge in [-0.05, 0) is 51.2 Å². The molecule has 0 spiro atoms. The summed E-state index contributed by atoms with van der Waals surface area (Å²) in [5.41, 5.74) is 6.17. The maximum atomic E-state index is 11.9. The van der Waals surface area contributed by atoms with Gasteiger partial charge in [0.2, 0.25) is 5.95 Å². The summed E-state index contributed by atoms with van der Waals surface area (Å²) >= 11 is 0. The minimum absolute atomic E-state index is 0.239. The van der Waals surface area contributed by atoms with Crippen LogP contribution in [0.25, 0.3) is 0 Å². The molecule has 9 nitrogen and oxygen atoms in total. The molecule has 2 aromatic heterocycles. The van der Waals surface area contributed by atoms with Crippen molar-refractivity contribution in [2.45, 2.75) is 25.8 Å². The molecule has 3 aromatic rings. The Morgan fingerprint density at radius 3 is 2.57 bits per heavy atom. The van der Waals surface area contributed by atoms with Crippen molar-refractivity contribution in [2.24, 2.45) is 12.8 Å². The van der Waals surface area contributed by atoms with Gasteiger partial charge >= 0.3 is 6.03 Å². The first-order valence-corrected chi connectivity index (χ1v) is 9.96. The van der Waals surface area contributed by atoms with Crippen LogP contribution in [0.4, 0.5) is 22.4 Å². The van der Waals surface area contributed by atoms with Crippen molar-refractivity contribution in [1.29, 1.82) is 0 Å². The van der Waals surface area contributed by atoms with Crippen LogP contribution in [-0.4, -0.2) is 46.3 Å². The molecule has 0 aliphatic rings. The van der Waals surface area contributed by atoms with Crippen molar-refractivity contribution in [3.63, 3.8) is 0 Å². The fourth-order valence-electron chi connectivity index (χ4n) is 3.12. The maximum absolute atomic E-state index is 11.9. The summed E-state index contributed by atoms with van der Waals surface area (Å²) in [6, 6.07) is 12.5. The van der Waals surface area contributed by atoms with Crippen LogP contribution in [0.2, 0.25) is 0 Å². The molecule has 0 bridgehead atoms. The van der Waals surface area contributed by atoms with Gasteiger partial charge in [-0.3, -0.25) is 0 Å². The highest BCUT2D eigenvalue weighted by Crippen LogP contribution is 2.23. The van der Waals surface area contributed by atoms with Gasteiger partial charge in [0.25, 0.3) is 5.95 Å². The largest absolute Gasteiger partial charge is 0.465 e. The van der Waals surface area contributed by atoms with Gasteiger partial charge in [0.05, 0.1) is 12.2 Å². The van der Waals surface area contributed by atoms with E-state index in [4.69, 9.17) is 10.2 Å². The third kappa shape index (κ3) is 5.60. The number of para-hydroxylation sites is 1. The molecular formula is C21H29N7O2. The zero-order valence-electron chi connectivity index (χ0n) is 17.7. The van der Waals surface area contributed by atoms with Crippen LogP contribution in [0, 0.1) is 0 Å². The van der Waals surface area contributed by atoms with E-state index in [1.54, 1.807) is 23.9 Å². The third-order valence-electron chi connectivity index (χ3n) is 4.51. The van der Waals surface area contributed by atoms with Crippen LogP contribution in [-0.2, 0) is 20.0 Å². The Hall–Kier alpha value is -3.33. The van der Waals surface area contributed by atoms with E-state index in [9.17, 15) is 4.79 Å². The number of unbranched alkanes of at least 4 members (excludes halogenated alkanes) is 1. The molecule has 0 unspecified atom stereocenters. The molecule has 0 fully saturated rings. The lowest BCUT2D eigenvalue weighted by Gasteiger charge is -2.15. The lowest BCUT2D eigenvalue weighted by molar-refractivity contribution is 0.256. The summed E-state index contributed by atoms with van der Waals surface area (Å²) in [6.45, 7) is 1.54. The van der Waals surface area contributed by atoms with Crippen molar-refractivity contribution in [3.05, 3.63) is 54.0 Å². The van der Waals surface area contributed by atoms with E-state index in [0.29, 0.717) is 11.6 Å². The SMILES string of the molecule is CN(C)Cc1ccc(CCCCNc2nc(N(C(N)=O)c3ccccc3)nn2C)o1. The highest BCUT2D eigenvalue weighted by Gasteiger charge is 2.20. The van der Waals surface area contributed by atoms with E-state index in [1.807, 2.05) is 44.4 Å². The van der Waals surface area contributed by atoms with Gasteiger partial charge in [-0.25, -0.2) is 14.4 Å². The summed E-state index contributed by atoms with van der Waals surface area (Å²) in [5, 5.41) is 7.60. The topological polar surface area (TPSA) is 105 Å². The lowest BCUT2D eigenvalue weighted by Crippen LogP contribution is -2.32. The van der Waals surface area contributed by atoms with Gasteiger partial charge in [-0.1, -0.05) is 18.2 Å². The van der Waals surface area contributed by atoms with Gasteiger partial charge in [-0.2, -0.15) is 4.98 Å². The summed E-state index contributed by atoms with van der Waals surface area (Å²) < 4.78 is 7.44. The molecule has 0 saturated carbocycles. The van der Waals surface area contributed by atoms with Crippen LogP contribution < -0.4 is 16.0 Å². The molecule has 160 valence electrons. The van der Waals surface area contributed by atoms with Crippen molar-refractivity contribution < 1.29 is 9.21 Å². The Kier molecular flexibility index (Phi) is 7.08. The molecule has 30 heavy (non-hydrogen) atoms. The minimum atomic E-state index is -0.634. The van der Waals surface area contributed by atoms with E-state index < -0.39 is 6.03 Å². The first-order valence-electron chi connectivity index (χ1n) is 9.96. The molecule has 2 heterocycles. The molecule has 3 rings (SSSR count). The lowest BCUT2D eigenvalue weighted by atomic mass is 10.2. The first-order chi connectivity index (χ1) is 14.4. The minimum Gasteiger partial charge on any atom is -0.465 e. The zero-order chi connectivity index (χ0) is 21.5. The van der Waals surface area contributed by atoms with E-state index in [0.717, 1.165) is 43.9 Å². The Bertz CT molecular complexity index is 949. The van der Waals surface area contributed by atoms with Crippen molar-refractivity contribution in [2.75, 3.05) is 30.9 Å². The van der Waals surface area contributed by atoms with Gasteiger partial charge in [-0.15, -0.1) is 5.10 Å².